The van der Waals surface area contributed by atoms with Crippen LogP contribution in [-0.4, -0.2) is 56.5 Å². The summed E-state index contributed by atoms with van der Waals surface area (Å²) in [5, 5.41) is 19.5. The van der Waals surface area contributed by atoms with Gasteiger partial charge in [0.1, 0.15) is 11.5 Å². The van der Waals surface area contributed by atoms with E-state index >= 15 is 0 Å². The summed E-state index contributed by atoms with van der Waals surface area (Å²) in [6.07, 6.45) is 4.28. The summed E-state index contributed by atoms with van der Waals surface area (Å²) in [6, 6.07) is 4.24. The molecule has 3 heterocycles. The lowest BCUT2D eigenvalue weighted by Gasteiger charge is -2.19. The van der Waals surface area contributed by atoms with Crippen LogP contribution in [0.15, 0.2) is 30.7 Å². The van der Waals surface area contributed by atoms with Crippen LogP contribution in [0.5, 0.6) is 0 Å². The second kappa shape index (κ2) is 6.50. The number of amides is 1. The Kier molecular flexibility index (Phi) is 4.25. The molecule has 1 aliphatic heterocycles. The number of aromatic nitrogens is 4. The monoisotopic (exact) mass is 315 g/mol. The van der Waals surface area contributed by atoms with Gasteiger partial charge in [0.2, 0.25) is 0 Å². The van der Waals surface area contributed by atoms with Gasteiger partial charge in [0.15, 0.2) is 0 Å². The molecule has 1 saturated heterocycles. The first kappa shape index (κ1) is 15.1. The average molecular weight is 315 g/mol. The first-order valence-electron chi connectivity index (χ1n) is 7.05. The van der Waals surface area contributed by atoms with Crippen molar-refractivity contribution in [3.8, 4) is 6.07 Å². The highest BCUT2D eigenvalue weighted by atomic mass is 19.1. The van der Waals surface area contributed by atoms with Crippen LogP contribution in [0.1, 0.15) is 16.5 Å². The zero-order valence-electron chi connectivity index (χ0n) is 12.1. The van der Waals surface area contributed by atoms with Gasteiger partial charge in [-0.3, -0.25) is 9.69 Å². The van der Waals surface area contributed by atoms with E-state index in [0.717, 1.165) is 6.20 Å². The molecular formula is C14H14FN7O. The molecule has 0 radical (unpaired) electrons. The molecule has 23 heavy (non-hydrogen) atoms. The third-order valence-electron chi connectivity index (χ3n) is 3.72. The highest BCUT2D eigenvalue weighted by molar-refractivity contribution is 5.92. The molecule has 2 aromatic heterocycles. The van der Waals surface area contributed by atoms with Crippen molar-refractivity contribution in [2.75, 3.05) is 19.6 Å². The van der Waals surface area contributed by atoms with Gasteiger partial charge in [-0.25, -0.2) is 14.1 Å². The van der Waals surface area contributed by atoms with E-state index in [1.165, 1.54) is 12.1 Å². The van der Waals surface area contributed by atoms with Crippen LogP contribution in [0, 0.1) is 17.1 Å². The molecular weight excluding hydrogens is 301 g/mol. The van der Waals surface area contributed by atoms with E-state index in [-0.39, 0.29) is 30.2 Å². The molecule has 2 atom stereocenters. The molecule has 0 aromatic carbocycles. The van der Waals surface area contributed by atoms with Gasteiger partial charge in [0.25, 0.3) is 5.91 Å². The van der Waals surface area contributed by atoms with Crippen molar-refractivity contribution >= 4 is 5.91 Å². The normalized spacial score (nSPS) is 21.0. The lowest BCUT2D eigenvalue weighted by Crippen LogP contribution is -2.41. The molecule has 1 N–H and O–H groups in total. The van der Waals surface area contributed by atoms with Gasteiger partial charge in [0.05, 0.1) is 37.1 Å². The van der Waals surface area contributed by atoms with Crippen molar-refractivity contribution in [1.29, 1.82) is 5.26 Å². The largest absolute Gasteiger partial charge is 0.344 e. The fourth-order valence-electron chi connectivity index (χ4n) is 2.65. The molecule has 1 fully saturated rings. The van der Waals surface area contributed by atoms with Gasteiger partial charge in [-0.05, 0) is 12.1 Å². The molecule has 8 nitrogen and oxygen atoms in total. The van der Waals surface area contributed by atoms with Crippen molar-refractivity contribution in [3.05, 3.63) is 42.2 Å². The minimum Gasteiger partial charge on any atom is -0.344 e. The predicted octanol–water partition coefficient (Wildman–Crippen LogP) is -0.00892. The molecule has 1 aliphatic rings. The van der Waals surface area contributed by atoms with Crippen molar-refractivity contribution < 1.29 is 9.18 Å². The maximum atomic E-state index is 12.9. The Morgan fingerprint density at radius 1 is 1.48 bits per heavy atom. The molecule has 2 aromatic rings. The van der Waals surface area contributed by atoms with Crippen LogP contribution >= 0.6 is 0 Å². The second-order valence-corrected chi connectivity index (χ2v) is 5.24. The van der Waals surface area contributed by atoms with Crippen LogP contribution in [0.2, 0.25) is 0 Å². The summed E-state index contributed by atoms with van der Waals surface area (Å²) in [4.78, 5) is 18.0. The molecule has 0 spiro atoms. The van der Waals surface area contributed by atoms with E-state index in [1.807, 2.05) is 4.90 Å². The van der Waals surface area contributed by atoms with E-state index in [2.05, 4.69) is 26.7 Å². The van der Waals surface area contributed by atoms with Crippen molar-refractivity contribution in [1.82, 2.24) is 30.2 Å². The predicted molar refractivity (Wildman–Crippen MR) is 76.6 cm³/mol. The lowest BCUT2D eigenvalue weighted by molar-refractivity contribution is 0.0924. The van der Waals surface area contributed by atoms with Crippen molar-refractivity contribution in [2.45, 2.75) is 12.1 Å². The van der Waals surface area contributed by atoms with Crippen LogP contribution in [-0.2, 0) is 0 Å². The van der Waals surface area contributed by atoms with Gasteiger partial charge in [-0.1, -0.05) is 5.21 Å². The summed E-state index contributed by atoms with van der Waals surface area (Å²) < 4.78 is 14.6. The fraction of sp³-hybridized carbons (Fsp3) is 0.357. The molecule has 0 unspecified atom stereocenters. The number of carbonyl (C=O) groups excluding carboxylic acids is 1. The maximum absolute atomic E-state index is 12.9. The number of rotatable bonds is 4. The zero-order valence-corrected chi connectivity index (χ0v) is 12.1. The van der Waals surface area contributed by atoms with Gasteiger partial charge in [0, 0.05) is 19.3 Å². The number of hydrogen-bond donors (Lipinski definition) is 1. The summed E-state index contributed by atoms with van der Waals surface area (Å²) in [5.74, 6) is -0.887. The van der Waals surface area contributed by atoms with E-state index in [0.29, 0.717) is 13.1 Å². The third-order valence-corrected chi connectivity index (χ3v) is 3.72. The smallest absolute Gasteiger partial charge is 0.270 e. The number of carbonyl (C=O) groups is 1. The van der Waals surface area contributed by atoms with Gasteiger partial charge >= 0.3 is 0 Å². The minimum absolute atomic E-state index is 0.129. The second-order valence-electron chi connectivity index (χ2n) is 5.24. The number of likely N-dealkylation sites (tertiary alicyclic amines) is 1. The molecule has 118 valence electrons. The standard InChI is InChI=1S/C14H14FN7O/c15-10-1-2-11(17-7-10)14(23)19-12-8-21(5-3-16)9-13(12)22-6-4-18-20-22/h1-2,4,6-7,12-13H,5,8-9H2,(H,19,23)/t12-,13+/m1/s1. The topological polar surface area (TPSA) is 99.7 Å². The lowest BCUT2D eigenvalue weighted by atomic mass is 10.1. The molecule has 3 rings (SSSR count). The number of nitrogens with one attached hydrogen (secondary N) is 1. The van der Waals surface area contributed by atoms with E-state index in [4.69, 9.17) is 5.26 Å². The zero-order chi connectivity index (χ0) is 16.2. The molecule has 0 saturated carbocycles. The van der Waals surface area contributed by atoms with E-state index in [1.54, 1.807) is 17.1 Å². The number of nitrogens with zero attached hydrogens (tertiary/aromatic N) is 6. The van der Waals surface area contributed by atoms with E-state index < -0.39 is 5.82 Å². The van der Waals surface area contributed by atoms with Crippen LogP contribution < -0.4 is 5.32 Å². The SMILES string of the molecule is N#CCN1C[C@@H](NC(=O)c2ccc(F)cn2)[C@@H](n2ccnn2)C1. The molecule has 0 aliphatic carbocycles. The third kappa shape index (κ3) is 3.32. The molecule has 9 heteroatoms. The number of pyridine rings is 1. The maximum Gasteiger partial charge on any atom is 0.270 e. The highest BCUT2D eigenvalue weighted by Crippen LogP contribution is 2.21. The van der Waals surface area contributed by atoms with Crippen LogP contribution in [0.3, 0.4) is 0 Å². The summed E-state index contributed by atoms with van der Waals surface area (Å²) in [7, 11) is 0. The van der Waals surface area contributed by atoms with E-state index in [9.17, 15) is 9.18 Å². The number of nitriles is 1. The Bertz CT molecular complexity index is 710. The van der Waals surface area contributed by atoms with Crippen LogP contribution in [0.25, 0.3) is 0 Å². The quantitative estimate of drug-likeness (QED) is 0.797. The Labute approximate surface area is 131 Å². The average Bonchev–Trinajstić information content (AvgIpc) is 3.18. The summed E-state index contributed by atoms with van der Waals surface area (Å²) >= 11 is 0. The number of hydrogen-bond acceptors (Lipinski definition) is 6. The Hall–Kier alpha value is -2.86. The number of halogens is 1. The Balaban J connectivity index is 1.74. The fourth-order valence-corrected chi connectivity index (χ4v) is 2.65. The van der Waals surface area contributed by atoms with Crippen molar-refractivity contribution in [2.24, 2.45) is 0 Å². The van der Waals surface area contributed by atoms with Crippen molar-refractivity contribution in [3.63, 3.8) is 0 Å². The van der Waals surface area contributed by atoms with Crippen LogP contribution in [0.4, 0.5) is 4.39 Å². The Morgan fingerprint density at radius 2 is 2.35 bits per heavy atom. The Morgan fingerprint density at radius 3 is 3.00 bits per heavy atom. The highest BCUT2D eigenvalue weighted by Gasteiger charge is 2.35. The van der Waals surface area contributed by atoms with Gasteiger partial charge < -0.3 is 5.32 Å². The molecule has 1 amide bonds. The van der Waals surface area contributed by atoms with Gasteiger partial charge in [-0.2, -0.15) is 5.26 Å². The first-order chi connectivity index (χ1) is 11.2. The van der Waals surface area contributed by atoms with Gasteiger partial charge in [-0.15, -0.1) is 5.10 Å². The minimum atomic E-state index is -0.497. The molecule has 0 bridgehead atoms. The summed E-state index contributed by atoms with van der Waals surface area (Å²) in [5.41, 5.74) is 0.141. The first-order valence-corrected chi connectivity index (χ1v) is 7.05. The summed E-state index contributed by atoms with van der Waals surface area (Å²) in [6.45, 7) is 1.37.